The molecule has 2 amide bonds. The van der Waals surface area contributed by atoms with E-state index in [-0.39, 0.29) is 41.7 Å². The fourth-order valence-corrected chi connectivity index (χ4v) is 6.30. The molecule has 3 fully saturated rings. The van der Waals surface area contributed by atoms with Crippen molar-refractivity contribution < 1.29 is 23.1 Å². The van der Waals surface area contributed by atoms with Gasteiger partial charge in [0.05, 0.1) is 12.1 Å². The molecule has 1 aromatic heterocycles. The maximum absolute atomic E-state index is 13.3. The van der Waals surface area contributed by atoms with Crippen LogP contribution in [0.1, 0.15) is 45.9 Å². The molecule has 3 aromatic carbocycles. The second kappa shape index (κ2) is 10.2. The smallest absolute Gasteiger partial charge is 0.310 e. The molecule has 3 saturated heterocycles. The molecule has 4 aromatic rings. The third-order valence-corrected chi connectivity index (χ3v) is 8.54. The number of aromatic nitrogens is 1. The van der Waals surface area contributed by atoms with Crippen molar-refractivity contribution in [2.45, 2.75) is 44.4 Å². The Morgan fingerprint density at radius 2 is 1.59 bits per heavy atom. The van der Waals surface area contributed by atoms with Crippen LogP contribution in [0.2, 0.25) is 0 Å². The first-order valence-corrected chi connectivity index (χ1v) is 14.2. The Kier molecular flexibility index (Phi) is 6.37. The van der Waals surface area contributed by atoms with E-state index in [1.54, 1.807) is 9.80 Å². The zero-order valence-corrected chi connectivity index (χ0v) is 22.8. The Balaban J connectivity index is 0.972. The maximum atomic E-state index is 13.3. The van der Waals surface area contributed by atoms with Crippen molar-refractivity contribution in [3.05, 3.63) is 89.6 Å². The maximum Gasteiger partial charge on any atom is 0.310 e. The Bertz CT molecular complexity index is 1590. The fraction of sp³-hybridized carbons (Fsp3) is 0.344. The van der Waals surface area contributed by atoms with Crippen LogP contribution in [0.25, 0.3) is 11.1 Å². The highest BCUT2D eigenvalue weighted by Gasteiger charge is 2.48. The van der Waals surface area contributed by atoms with Crippen LogP contribution in [0, 0.1) is 12.7 Å². The van der Waals surface area contributed by atoms with Gasteiger partial charge in [0.2, 0.25) is 0 Å². The first kappa shape index (κ1) is 25.6. The number of oxazole rings is 1. The van der Waals surface area contributed by atoms with E-state index in [4.69, 9.17) is 9.15 Å². The van der Waals surface area contributed by atoms with Crippen molar-refractivity contribution in [3.63, 3.8) is 0 Å². The van der Waals surface area contributed by atoms with Crippen LogP contribution in [0.3, 0.4) is 0 Å². The standard InChI is InChI=1S/C32H31FN4O4/c1-20-2-8-23(9-3-20)35-14-12-26(13-15-35)40-27-10-11-28-29(17-27)41-30(34-28)32(39)37-19-24-16-25(37)18-36(24)31(38)21-4-6-22(33)7-5-21/h2-11,17,24-26H,12-16,18-19H2,1H3. The van der Waals surface area contributed by atoms with Crippen LogP contribution in [-0.4, -0.2) is 71.0 Å². The third-order valence-electron chi connectivity index (χ3n) is 8.54. The number of piperidine rings is 1. The molecule has 0 spiro atoms. The van der Waals surface area contributed by atoms with Gasteiger partial charge >= 0.3 is 5.91 Å². The van der Waals surface area contributed by atoms with Crippen molar-refractivity contribution >= 4 is 28.6 Å². The lowest BCUT2D eigenvalue weighted by Crippen LogP contribution is -2.50. The lowest BCUT2D eigenvalue weighted by atomic mass is 10.1. The molecular weight excluding hydrogens is 523 g/mol. The Hall–Kier alpha value is -4.40. The molecule has 2 bridgehead atoms. The van der Waals surface area contributed by atoms with Gasteiger partial charge in [-0.3, -0.25) is 9.59 Å². The number of halogens is 1. The zero-order valence-electron chi connectivity index (χ0n) is 22.8. The molecular formula is C32H31FN4O4. The lowest BCUT2D eigenvalue weighted by Gasteiger charge is -2.33. The molecule has 0 radical (unpaired) electrons. The molecule has 3 aliphatic heterocycles. The molecule has 41 heavy (non-hydrogen) atoms. The van der Waals surface area contributed by atoms with Gasteiger partial charge in [-0.15, -0.1) is 0 Å². The second-order valence-corrected chi connectivity index (χ2v) is 11.3. The number of carbonyl (C=O) groups is 2. The summed E-state index contributed by atoms with van der Waals surface area (Å²) in [5.74, 6) is -0.0324. The van der Waals surface area contributed by atoms with Gasteiger partial charge in [-0.1, -0.05) is 17.7 Å². The van der Waals surface area contributed by atoms with E-state index in [9.17, 15) is 14.0 Å². The number of nitrogens with zero attached hydrogens (tertiary/aromatic N) is 4. The molecule has 3 aliphatic rings. The molecule has 0 saturated carbocycles. The van der Waals surface area contributed by atoms with Gasteiger partial charge in [0.15, 0.2) is 5.58 Å². The predicted octanol–water partition coefficient (Wildman–Crippen LogP) is 5.06. The monoisotopic (exact) mass is 554 g/mol. The summed E-state index contributed by atoms with van der Waals surface area (Å²) in [5, 5.41) is 0. The number of fused-ring (bicyclic) bond motifs is 3. The normalized spacial score (nSPS) is 20.7. The van der Waals surface area contributed by atoms with E-state index in [1.807, 2.05) is 18.2 Å². The fourth-order valence-electron chi connectivity index (χ4n) is 6.30. The Labute approximate surface area is 237 Å². The first-order chi connectivity index (χ1) is 19.9. The van der Waals surface area contributed by atoms with Gasteiger partial charge in [-0.25, -0.2) is 9.37 Å². The summed E-state index contributed by atoms with van der Waals surface area (Å²) in [5.41, 5.74) is 4.07. The minimum absolute atomic E-state index is 0.0486. The van der Waals surface area contributed by atoms with Crippen molar-refractivity contribution in [3.8, 4) is 5.75 Å². The van der Waals surface area contributed by atoms with Crippen LogP contribution in [0.4, 0.5) is 10.1 Å². The van der Waals surface area contributed by atoms with Crippen LogP contribution in [0.15, 0.2) is 71.1 Å². The molecule has 9 heteroatoms. The molecule has 8 nitrogen and oxygen atoms in total. The van der Waals surface area contributed by atoms with E-state index >= 15 is 0 Å². The predicted molar refractivity (Wildman–Crippen MR) is 152 cm³/mol. The number of amides is 2. The zero-order chi connectivity index (χ0) is 28.1. The number of benzene rings is 3. The molecule has 7 rings (SSSR count). The van der Waals surface area contributed by atoms with E-state index < -0.39 is 0 Å². The topological polar surface area (TPSA) is 79.1 Å². The van der Waals surface area contributed by atoms with Crippen molar-refractivity contribution in [1.82, 2.24) is 14.8 Å². The average molecular weight is 555 g/mol. The molecule has 0 N–H and O–H groups in total. The highest BCUT2D eigenvalue weighted by atomic mass is 19.1. The number of hydrogen-bond acceptors (Lipinski definition) is 6. The highest BCUT2D eigenvalue weighted by Crippen LogP contribution is 2.34. The van der Waals surface area contributed by atoms with E-state index in [0.29, 0.717) is 41.9 Å². The van der Waals surface area contributed by atoms with Gasteiger partial charge in [0.1, 0.15) is 23.2 Å². The Morgan fingerprint density at radius 3 is 2.27 bits per heavy atom. The highest BCUT2D eigenvalue weighted by molar-refractivity contribution is 5.96. The number of piperazine rings is 1. The quantitative estimate of drug-likeness (QED) is 0.343. The number of anilines is 1. The number of hydrogen-bond donors (Lipinski definition) is 0. The van der Waals surface area contributed by atoms with Crippen LogP contribution in [0.5, 0.6) is 5.75 Å². The van der Waals surface area contributed by atoms with Crippen molar-refractivity contribution in [1.29, 1.82) is 0 Å². The van der Waals surface area contributed by atoms with Gasteiger partial charge < -0.3 is 23.9 Å². The van der Waals surface area contributed by atoms with Gasteiger partial charge in [0, 0.05) is 56.3 Å². The first-order valence-electron chi connectivity index (χ1n) is 14.2. The largest absolute Gasteiger partial charge is 0.490 e. The summed E-state index contributed by atoms with van der Waals surface area (Å²) in [6, 6.07) is 19.5. The minimum Gasteiger partial charge on any atom is -0.490 e. The molecule has 4 heterocycles. The SMILES string of the molecule is Cc1ccc(N2CCC(Oc3ccc4nc(C(=O)N5CC6CC5CN6C(=O)c5ccc(F)cc5)oc4c3)CC2)cc1. The van der Waals surface area contributed by atoms with Gasteiger partial charge in [0.25, 0.3) is 11.8 Å². The average Bonchev–Trinajstić information content (AvgIpc) is 3.72. The molecule has 0 aliphatic carbocycles. The van der Waals surface area contributed by atoms with E-state index in [1.165, 1.54) is 35.5 Å². The van der Waals surface area contributed by atoms with Crippen molar-refractivity contribution in [2.75, 3.05) is 31.1 Å². The second-order valence-electron chi connectivity index (χ2n) is 11.3. The number of aryl methyl sites for hydroxylation is 1. The van der Waals surface area contributed by atoms with Gasteiger partial charge in [-0.05, 0) is 61.9 Å². The molecule has 2 atom stereocenters. The van der Waals surface area contributed by atoms with E-state index in [0.717, 1.165) is 25.9 Å². The van der Waals surface area contributed by atoms with Crippen LogP contribution >= 0.6 is 0 Å². The summed E-state index contributed by atoms with van der Waals surface area (Å²) in [6.45, 7) is 4.82. The Morgan fingerprint density at radius 1 is 0.902 bits per heavy atom. The molecule has 2 unspecified atom stereocenters. The van der Waals surface area contributed by atoms with Crippen LogP contribution < -0.4 is 9.64 Å². The molecule has 210 valence electrons. The lowest BCUT2D eigenvalue weighted by molar-refractivity contribution is 0.0506. The number of ether oxygens (including phenoxy) is 1. The van der Waals surface area contributed by atoms with Gasteiger partial charge in [-0.2, -0.15) is 0 Å². The third kappa shape index (κ3) is 4.90. The minimum atomic E-state index is -0.377. The van der Waals surface area contributed by atoms with Crippen molar-refractivity contribution in [2.24, 2.45) is 0 Å². The van der Waals surface area contributed by atoms with Crippen LogP contribution in [-0.2, 0) is 0 Å². The van der Waals surface area contributed by atoms with E-state index in [2.05, 4.69) is 41.1 Å². The number of likely N-dealkylation sites (tertiary alicyclic amines) is 2. The summed E-state index contributed by atoms with van der Waals surface area (Å²) in [7, 11) is 0. The summed E-state index contributed by atoms with van der Waals surface area (Å²) in [6.07, 6.45) is 2.66. The summed E-state index contributed by atoms with van der Waals surface area (Å²) >= 11 is 0. The number of carbonyl (C=O) groups excluding carboxylic acids is 2. The summed E-state index contributed by atoms with van der Waals surface area (Å²) < 4.78 is 25.5. The summed E-state index contributed by atoms with van der Waals surface area (Å²) in [4.78, 5) is 36.7. The number of rotatable bonds is 5.